The lowest BCUT2D eigenvalue weighted by molar-refractivity contribution is 0.241. The molecule has 1 aromatic rings. The van der Waals surface area contributed by atoms with Crippen LogP contribution in [-0.2, 0) is 6.54 Å². The van der Waals surface area contributed by atoms with E-state index in [-0.39, 0.29) is 11.6 Å². The number of likely N-dealkylation sites (N-methyl/N-ethyl adjacent to an activating group) is 2. The molecule has 0 radical (unpaired) electrons. The van der Waals surface area contributed by atoms with Crippen LogP contribution in [0.15, 0.2) is 18.2 Å². The molecule has 0 heterocycles. The Morgan fingerprint density at radius 3 is 2.41 bits per heavy atom. The second-order valence-electron chi connectivity index (χ2n) is 4.41. The predicted molar refractivity (Wildman–Crippen MR) is 65.9 cm³/mol. The SMILES string of the molecule is CCN(CCN(C)C)Cc1cc(F)ccc1F. The molecule has 0 unspecified atom stereocenters. The number of rotatable bonds is 6. The Hall–Kier alpha value is -1.00. The second-order valence-corrected chi connectivity index (χ2v) is 4.41. The Kier molecular flexibility index (Phi) is 5.51. The first-order valence-electron chi connectivity index (χ1n) is 5.84. The molecule has 0 bridgehead atoms. The van der Waals surface area contributed by atoms with Gasteiger partial charge in [0.1, 0.15) is 11.6 Å². The number of benzene rings is 1. The third kappa shape index (κ3) is 4.79. The molecule has 0 amide bonds. The molecule has 0 spiro atoms. The highest BCUT2D eigenvalue weighted by atomic mass is 19.1. The molecule has 0 aliphatic rings. The summed E-state index contributed by atoms with van der Waals surface area (Å²) in [6.07, 6.45) is 0. The van der Waals surface area contributed by atoms with Crippen molar-refractivity contribution in [1.82, 2.24) is 9.80 Å². The van der Waals surface area contributed by atoms with Gasteiger partial charge in [-0.05, 0) is 38.8 Å². The van der Waals surface area contributed by atoms with E-state index in [2.05, 4.69) is 9.80 Å². The van der Waals surface area contributed by atoms with Gasteiger partial charge in [-0.15, -0.1) is 0 Å². The fourth-order valence-electron chi connectivity index (χ4n) is 1.60. The van der Waals surface area contributed by atoms with Crippen LogP contribution < -0.4 is 0 Å². The van der Waals surface area contributed by atoms with E-state index in [1.165, 1.54) is 12.1 Å². The van der Waals surface area contributed by atoms with Crippen molar-refractivity contribution in [1.29, 1.82) is 0 Å². The number of halogens is 2. The van der Waals surface area contributed by atoms with Crippen molar-refractivity contribution in [3.8, 4) is 0 Å². The van der Waals surface area contributed by atoms with Gasteiger partial charge in [-0.25, -0.2) is 8.78 Å². The molecule has 1 rings (SSSR count). The van der Waals surface area contributed by atoms with Crippen molar-refractivity contribution in [2.45, 2.75) is 13.5 Å². The molecule has 0 saturated carbocycles. The Morgan fingerprint density at radius 1 is 1.12 bits per heavy atom. The van der Waals surface area contributed by atoms with Crippen LogP contribution in [0, 0.1) is 11.6 Å². The zero-order valence-corrected chi connectivity index (χ0v) is 10.7. The molecule has 0 N–H and O–H groups in total. The molecular formula is C13H20F2N2. The standard InChI is InChI=1S/C13H20F2N2/c1-4-17(8-7-16(2)3)10-11-9-12(14)5-6-13(11)15/h5-6,9H,4,7-8,10H2,1-3H3. The van der Waals surface area contributed by atoms with E-state index in [1.807, 2.05) is 21.0 Å². The van der Waals surface area contributed by atoms with Crippen LogP contribution in [0.4, 0.5) is 8.78 Å². The first-order valence-corrected chi connectivity index (χ1v) is 5.84. The van der Waals surface area contributed by atoms with E-state index in [4.69, 9.17) is 0 Å². The summed E-state index contributed by atoms with van der Waals surface area (Å²) in [6.45, 7) is 5.05. The topological polar surface area (TPSA) is 6.48 Å². The summed E-state index contributed by atoms with van der Waals surface area (Å²) in [5, 5.41) is 0. The van der Waals surface area contributed by atoms with Gasteiger partial charge < -0.3 is 4.90 Å². The van der Waals surface area contributed by atoms with Crippen molar-refractivity contribution < 1.29 is 8.78 Å². The van der Waals surface area contributed by atoms with E-state index in [9.17, 15) is 8.78 Å². The van der Waals surface area contributed by atoms with Crippen LogP contribution in [0.2, 0.25) is 0 Å². The molecule has 0 aromatic heterocycles. The minimum atomic E-state index is -0.384. The number of hydrogen-bond donors (Lipinski definition) is 0. The summed E-state index contributed by atoms with van der Waals surface area (Å²) in [7, 11) is 3.99. The third-order valence-corrected chi connectivity index (χ3v) is 2.71. The molecule has 1 aromatic carbocycles. The lowest BCUT2D eigenvalue weighted by atomic mass is 10.2. The van der Waals surface area contributed by atoms with Crippen LogP contribution in [0.25, 0.3) is 0 Å². The second kappa shape index (κ2) is 6.67. The fourth-order valence-corrected chi connectivity index (χ4v) is 1.60. The molecule has 0 saturated heterocycles. The average molecular weight is 242 g/mol. The molecule has 2 nitrogen and oxygen atoms in total. The zero-order valence-electron chi connectivity index (χ0n) is 10.7. The van der Waals surface area contributed by atoms with Crippen LogP contribution in [0.3, 0.4) is 0 Å². The van der Waals surface area contributed by atoms with Gasteiger partial charge in [0.2, 0.25) is 0 Å². The first kappa shape index (κ1) is 14.1. The highest BCUT2D eigenvalue weighted by Crippen LogP contribution is 2.12. The number of hydrogen-bond acceptors (Lipinski definition) is 2. The summed E-state index contributed by atoms with van der Waals surface area (Å²) >= 11 is 0. The van der Waals surface area contributed by atoms with Crippen molar-refractivity contribution in [2.75, 3.05) is 33.7 Å². The maximum absolute atomic E-state index is 13.5. The molecule has 4 heteroatoms. The monoisotopic (exact) mass is 242 g/mol. The van der Waals surface area contributed by atoms with Gasteiger partial charge in [0.25, 0.3) is 0 Å². The van der Waals surface area contributed by atoms with Crippen molar-refractivity contribution in [3.05, 3.63) is 35.4 Å². The maximum Gasteiger partial charge on any atom is 0.127 e. The summed E-state index contributed by atoms with van der Waals surface area (Å²) in [6, 6.07) is 3.60. The van der Waals surface area contributed by atoms with E-state index >= 15 is 0 Å². The quantitative estimate of drug-likeness (QED) is 0.755. The van der Waals surface area contributed by atoms with Gasteiger partial charge in [-0.3, -0.25) is 4.90 Å². The Labute approximate surface area is 102 Å². The van der Waals surface area contributed by atoms with Gasteiger partial charge in [0.15, 0.2) is 0 Å². The van der Waals surface area contributed by atoms with Gasteiger partial charge in [-0.1, -0.05) is 6.92 Å². The fraction of sp³-hybridized carbons (Fsp3) is 0.538. The molecular weight excluding hydrogens is 222 g/mol. The number of nitrogens with zero attached hydrogens (tertiary/aromatic N) is 2. The van der Waals surface area contributed by atoms with Gasteiger partial charge in [0, 0.05) is 25.2 Å². The van der Waals surface area contributed by atoms with Crippen molar-refractivity contribution in [3.63, 3.8) is 0 Å². The van der Waals surface area contributed by atoms with Gasteiger partial charge in [-0.2, -0.15) is 0 Å². The highest BCUT2D eigenvalue weighted by molar-refractivity contribution is 5.18. The average Bonchev–Trinajstić information content (AvgIpc) is 2.28. The maximum atomic E-state index is 13.5. The largest absolute Gasteiger partial charge is 0.308 e. The third-order valence-electron chi connectivity index (χ3n) is 2.71. The van der Waals surface area contributed by atoms with Crippen LogP contribution in [-0.4, -0.2) is 43.5 Å². The van der Waals surface area contributed by atoms with E-state index in [1.54, 1.807) is 0 Å². The predicted octanol–water partition coefficient (Wildman–Crippen LogP) is 2.35. The summed E-state index contributed by atoms with van der Waals surface area (Å²) in [5.41, 5.74) is 0.422. The van der Waals surface area contributed by atoms with Gasteiger partial charge >= 0.3 is 0 Å². The molecule has 17 heavy (non-hydrogen) atoms. The molecule has 0 fully saturated rings. The Bertz CT molecular complexity index is 353. The van der Waals surface area contributed by atoms with E-state index < -0.39 is 0 Å². The lowest BCUT2D eigenvalue weighted by Crippen LogP contribution is -2.31. The minimum Gasteiger partial charge on any atom is -0.308 e. The summed E-state index contributed by atoms with van der Waals surface area (Å²) in [5.74, 6) is -0.722. The Morgan fingerprint density at radius 2 is 1.82 bits per heavy atom. The van der Waals surface area contributed by atoms with Crippen molar-refractivity contribution >= 4 is 0 Å². The van der Waals surface area contributed by atoms with Crippen LogP contribution in [0.5, 0.6) is 0 Å². The highest BCUT2D eigenvalue weighted by Gasteiger charge is 2.09. The summed E-state index contributed by atoms with van der Waals surface area (Å²) in [4.78, 5) is 4.17. The minimum absolute atomic E-state index is 0.338. The normalized spacial score (nSPS) is 11.5. The molecule has 0 aliphatic carbocycles. The van der Waals surface area contributed by atoms with Crippen molar-refractivity contribution in [2.24, 2.45) is 0 Å². The van der Waals surface area contributed by atoms with Crippen LogP contribution in [0.1, 0.15) is 12.5 Å². The first-order chi connectivity index (χ1) is 8.02. The molecule has 96 valence electrons. The van der Waals surface area contributed by atoms with E-state index in [0.717, 1.165) is 25.7 Å². The molecule has 0 aliphatic heterocycles. The molecule has 0 atom stereocenters. The van der Waals surface area contributed by atoms with Gasteiger partial charge in [0.05, 0.1) is 0 Å². The summed E-state index contributed by atoms with van der Waals surface area (Å²) < 4.78 is 26.5. The smallest absolute Gasteiger partial charge is 0.127 e. The van der Waals surface area contributed by atoms with E-state index in [0.29, 0.717) is 12.1 Å². The lowest BCUT2D eigenvalue weighted by Gasteiger charge is -2.22. The van der Waals surface area contributed by atoms with Crippen LogP contribution >= 0.6 is 0 Å². The zero-order chi connectivity index (χ0) is 12.8. The Balaban J connectivity index is 2.63.